The van der Waals surface area contributed by atoms with E-state index in [1.54, 1.807) is 19.1 Å². The van der Waals surface area contributed by atoms with Crippen molar-refractivity contribution in [3.8, 4) is 5.75 Å². The Balaban J connectivity index is 2.21. The van der Waals surface area contributed by atoms with Crippen LogP contribution >= 0.6 is 15.9 Å². The molecule has 3 nitrogen and oxygen atoms in total. The first-order chi connectivity index (χ1) is 10.1. The van der Waals surface area contributed by atoms with Gasteiger partial charge in [0.15, 0.2) is 0 Å². The molecule has 0 aromatic heterocycles. The molecule has 0 bridgehead atoms. The van der Waals surface area contributed by atoms with Crippen LogP contribution in [0.25, 0.3) is 0 Å². The maximum absolute atomic E-state index is 12.3. The zero-order valence-electron chi connectivity index (χ0n) is 12.3. The molecule has 0 aliphatic heterocycles. The lowest BCUT2D eigenvalue weighted by Crippen LogP contribution is -2.17. The third kappa shape index (κ3) is 3.39. The number of halogens is 4. The minimum atomic E-state index is -4.74. The van der Waals surface area contributed by atoms with Crippen molar-refractivity contribution in [1.29, 1.82) is 0 Å². The van der Waals surface area contributed by atoms with Crippen LogP contribution in [0, 0.1) is 11.3 Å². The average Bonchev–Trinajstić information content (AvgIpc) is 2.94. The molecule has 0 heterocycles. The van der Waals surface area contributed by atoms with Crippen LogP contribution < -0.4 is 4.74 Å². The van der Waals surface area contributed by atoms with E-state index in [4.69, 9.17) is 4.74 Å². The molecule has 1 aliphatic rings. The fraction of sp³-hybridized carbons (Fsp3) is 0.533. The van der Waals surface area contributed by atoms with Gasteiger partial charge in [0.25, 0.3) is 0 Å². The summed E-state index contributed by atoms with van der Waals surface area (Å²) in [7, 11) is 0. The average molecular weight is 381 g/mol. The van der Waals surface area contributed by atoms with Crippen molar-refractivity contribution in [1.82, 2.24) is 0 Å². The Morgan fingerprint density at radius 2 is 2.00 bits per heavy atom. The summed E-state index contributed by atoms with van der Waals surface area (Å²) in [5.41, 5.74) is 0.502. The highest BCUT2D eigenvalue weighted by molar-refractivity contribution is 9.10. The number of carbonyl (C=O) groups excluding carboxylic acids is 1. The molecule has 0 N–H and O–H groups in total. The Hall–Kier alpha value is -1.24. The van der Waals surface area contributed by atoms with Crippen LogP contribution in [-0.4, -0.2) is 18.9 Å². The van der Waals surface area contributed by atoms with Crippen molar-refractivity contribution in [3.05, 3.63) is 28.2 Å². The monoisotopic (exact) mass is 380 g/mol. The first-order valence-corrected chi connectivity index (χ1v) is 7.59. The van der Waals surface area contributed by atoms with E-state index in [-0.39, 0.29) is 33.4 Å². The summed E-state index contributed by atoms with van der Waals surface area (Å²) in [5.74, 6) is -0.942. The third-order valence-corrected chi connectivity index (χ3v) is 4.53. The molecule has 0 radical (unpaired) electrons. The minimum Gasteiger partial charge on any atom is -0.466 e. The summed E-state index contributed by atoms with van der Waals surface area (Å²) in [6, 6.07) is 4.37. The number of hydrogen-bond donors (Lipinski definition) is 0. The molecule has 2 atom stereocenters. The Labute approximate surface area is 134 Å². The number of benzene rings is 1. The van der Waals surface area contributed by atoms with Crippen LogP contribution in [0.5, 0.6) is 5.75 Å². The Bertz CT molecular complexity index is 584. The van der Waals surface area contributed by atoms with Gasteiger partial charge in [0.1, 0.15) is 5.75 Å². The van der Waals surface area contributed by atoms with E-state index in [2.05, 4.69) is 20.7 Å². The first kappa shape index (κ1) is 17.1. The number of alkyl halides is 3. The normalized spacial score (nSPS) is 23.0. The number of carbonyl (C=O) groups is 1. The second-order valence-electron chi connectivity index (χ2n) is 5.77. The smallest absolute Gasteiger partial charge is 0.466 e. The predicted molar refractivity (Wildman–Crippen MR) is 77.5 cm³/mol. The van der Waals surface area contributed by atoms with Gasteiger partial charge in [-0.1, -0.05) is 19.9 Å². The standard InChI is InChI=1S/C15H16BrF3O3/c1-4-21-13(20)12-11(14(12,2)3)8-5-6-10(9(16)7-8)22-15(17,18)19/h5-7,11-12H,4H2,1-3H3/t11-,12+/m0/s1. The van der Waals surface area contributed by atoms with Gasteiger partial charge in [0.05, 0.1) is 17.0 Å². The summed E-state index contributed by atoms with van der Waals surface area (Å²) in [6.07, 6.45) is -4.74. The molecule has 122 valence electrons. The largest absolute Gasteiger partial charge is 0.573 e. The van der Waals surface area contributed by atoms with E-state index >= 15 is 0 Å². The van der Waals surface area contributed by atoms with Crippen molar-refractivity contribution in [3.63, 3.8) is 0 Å². The Kier molecular flexibility index (Phi) is 4.48. The van der Waals surface area contributed by atoms with Gasteiger partial charge in [-0.3, -0.25) is 4.79 Å². The van der Waals surface area contributed by atoms with Gasteiger partial charge < -0.3 is 9.47 Å². The van der Waals surface area contributed by atoms with Crippen LogP contribution in [-0.2, 0) is 9.53 Å². The molecular weight excluding hydrogens is 365 g/mol. The molecule has 7 heteroatoms. The fourth-order valence-corrected chi connectivity index (χ4v) is 3.33. The highest BCUT2D eigenvalue weighted by Gasteiger charge is 2.63. The highest BCUT2D eigenvalue weighted by Crippen LogP contribution is 2.65. The highest BCUT2D eigenvalue weighted by atomic mass is 79.9. The lowest BCUT2D eigenvalue weighted by atomic mass is 10.0. The van der Waals surface area contributed by atoms with Crippen molar-refractivity contribution in [2.45, 2.75) is 33.1 Å². The summed E-state index contributed by atoms with van der Waals surface area (Å²) in [6.45, 7) is 5.92. The molecule has 0 saturated heterocycles. The van der Waals surface area contributed by atoms with Gasteiger partial charge in [-0.15, -0.1) is 13.2 Å². The SMILES string of the molecule is CCOC(=O)[C@H]1[C@H](c2ccc(OC(F)(F)F)c(Br)c2)C1(C)C. The van der Waals surface area contributed by atoms with Gasteiger partial charge in [-0.2, -0.15) is 0 Å². The van der Waals surface area contributed by atoms with E-state index in [0.717, 1.165) is 5.56 Å². The second kappa shape index (κ2) is 5.76. The summed E-state index contributed by atoms with van der Waals surface area (Å²) in [4.78, 5) is 11.9. The summed E-state index contributed by atoms with van der Waals surface area (Å²) in [5, 5.41) is 0. The maximum atomic E-state index is 12.3. The lowest BCUT2D eigenvalue weighted by molar-refractivity contribution is -0.274. The van der Waals surface area contributed by atoms with Crippen LogP contribution in [0.1, 0.15) is 32.3 Å². The second-order valence-corrected chi connectivity index (χ2v) is 6.62. The number of rotatable bonds is 4. The minimum absolute atomic E-state index is 0.0808. The van der Waals surface area contributed by atoms with E-state index in [1.807, 2.05) is 13.8 Å². The van der Waals surface area contributed by atoms with Crippen LogP contribution in [0.15, 0.2) is 22.7 Å². The number of hydrogen-bond acceptors (Lipinski definition) is 3. The maximum Gasteiger partial charge on any atom is 0.573 e. The first-order valence-electron chi connectivity index (χ1n) is 6.79. The Morgan fingerprint density at radius 1 is 1.36 bits per heavy atom. The van der Waals surface area contributed by atoms with Crippen molar-refractivity contribution >= 4 is 21.9 Å². The van der Waals surface area contributed by atoms with Gasteiger partial charge in [-0.05, 0) is 46.0 Å². The van der Waals surface area contributed by atoms with Crippen molar-refractivity contribution in [2.75, 3.05) is 6.61 Å². The zero-order chi connectivity index (χ0) is 16.7. The van der Waals surface area contributed by atoms with Crippen molar-refractivity contribution < 1.29 is 27.4 Å². The zero-order valence-corrected chi connectivity index (χ0v) is 13.9. The third-order valence-electron chi connectivity index (χ3n) is 3.91. The van der Waals surface area contributed by atoms with Gasteiger partial charge >= 0.3 is 12.3 Å². The Morgan fingerprint density at radius 3 is 2.50 bits per heavy atom. The van der Waals surface area contributed by atoms with Crippen LogP contribution in [0.4, 0.5) is 13.2 Å². The molecule has 0 unspecified atom stereocenters. The molecule has 2 rings (SSSR count). The van der Waals surface area contributed by atoms with E-state index in [9.17, 15) is 18.0 Å². The molecule has 0 amide bonds. The van der Waals surface area contributed by atoms with Gasteiger partial charge in [-0.25, -0.2) is 0 Å². The quantitative estimate of drug-likeness (QED) is 0.713. The number of ether oxygens (including phenoxy) is 2. The number of esters is 1. The molecule has 22 heavy (non-hydrogen) atoms. The van der Waals surface area contributed by atoms with Gasteiger partial charge in [0.2, 0.25) is 0 Å². The van der Waals surface area contributed by atoms with E-state index < -0.39 is 6.36 Å². The summed E-state index contributed by atoms with van der Waals surface area (Å²) < 4.78 is 46.0. The fourth-order valence-electron chi connectivity index (χ4n) is 2.85. The molecule has 1 aliphatic carbocycles. The van der Waals surface area contributed by atoms with E-state index in [1.165, 1.54) is 6.07 Å². The topological polar surface area (TPSA) is 35.5 Å². The van der Waals surface area contributed by atoms with E-state index in [0.29, 0.717) is 6.61 Å². The molecule has 1 fully saturated rings. The van der Waals surface area contributed by atoms with Crippen molar-refractivity contribution in [2.24, 2.45) is 11.3 Å². The molecule has 0 spiro atoms. The summed E-state index contributed by atoms with van der Waals surface area (Å²) >= 11 is 3.08. The molecule has 1 aromatic rings. The lowest BCUT2D eigenvalue weighted by Gasteiger charge is -2.12. The van der Waals surface area contributed by atoms with Crippen LogP contribution in [0.2, 0.25) is 0 Å². The molecule has 1 aromatic carbocycles. The molecule has 1 saturated carbocycles. The predicted octanol–water partition coefficient (Wildman–Crippen LogP) is 4.65. The van der Waals surface area contributed by atoms with Crippen LogP contribution in [0.3, 0.4) is 0 Å². The van der Waals surface area contributed by atoms with Gasteiger partial charge in [0, 0.05) is 5.92 Å². The molecular formula is C15H16BrF3O3.